The molecule has 6 nitrogen and oxygen atoms in total. The van der Waals surface area contributed by atoms with E-state index in [2.05, 4.69) is 4.98 Å². The molecule has 3 rings (SSSR count). The Balaban J connectivity index is 2.01. The second-order valence-electron chi connectivity index (χ2n) is 5.75. The number of hydrogen-bond acceptors (Lipinski definition) is 6. The number of phenolic OH excluding ortho intramolecular Hbond substituents is 3. The summed E-state index contributed by atoms with van der Waals surface area (Å²) in [6.07, 6.45) is 3.37. The summed E-state index contributed by atoms with van der Waals surface area (Å²) in [5.74, 6) is -0.845. The summed E-state index contributed by atoms with van der Waals surface area (Å²) in [5.41, 5.74) is 1.71. The van der Waals surface area contributed by atoms with Crippen molar-refractivity contribution in [3.8, 4) is 23.0 Å². The highest BCUT2D eigenvalue weighted by Gasteiger charge is 2.12. The number of aromatic nitrogens is 1. The maximum Gasteiger partial charge on any atom is 0.200 e. The monoisotopic (exact) mass is 351 g/mol. The molecule has 0 spiro atoms. The number of methoxy groups -OCH3 is 1. The molecule has 6 heteroatoms. The van der Waals surface area contributed by atoms with Crippen molar-refractivity contribution in [1.29, 1.82) is 0 Å². The van der Waals surface area contributed by atoms with Gasteiger partial charge in [-0.2, -0.15) is 0 Å². The van der Waals surface area contributed by atoms with E-state index in [0.717, 1.165) is 0 Å². The number of fused-ring (bicyclic) bond motifs is 1. The number of Topliss-reactive ketones (excluding diaryl/α,β-unsaturated/α-hetero) is 1. The lowest BCUT2D eigenvalue weighted by molar-refractivity contribution is 0.101. The quantitative estimate of drug-likeness (QED) is 0.489. The van der Waals surface area contributed by atoms with Crippen molar-refractivity contribution in [2.45, 2.75) is 6.92 Å². The first kappa shape index (κ1) is 17.3. The zero-order valence-electron chi connectivity index (χ0n) is 14.2. The summed E-state index contributed by atoms with van der Waals surface area (Å²) < 4.78 is 5.00. The smallest absolute Gasteiger partial charge is 0.200 e. The van der Waals surface area contributed by atoms with Gasteiger partial charge in [-0.15, -0.1) is 0 Å². The van der Waals surface area contributed by atoms with Gasteiger partial charge in [-0.25, -0.2) is 4.98 Å². The molecule has 1 aromatic heterocycles. The van der Waals surface area contributed by atoms with Crippen molar-refractivity contribution < 1.29 is 24.9 Å². The average molecular weight is 351 g/mol. The minimum Gasteiger partial charge on any atom is -0.505 e. The van der Waals surface area contributed by atoms with E-state index in [1.54, 1.807) is 42.5 Å². The van der Waals surface area contributed by atoms with E-state index in [0.29, 0.717) is 22.2 Å². The fourth-order valence-electron chi connectivity index (χ4n) is 2.61. The molecule has 0 saturated carbocycles. The largest absolute Gasteiger partial charge is 0.505 e. The van der Waals surface area contributed by atoms with E-state index in [-0.39, 0.29) is 34.3 Å². The standard InChI is InChI=1S/C20H17NO5/c1-11(22)15-8-5-13-4-7-14(21-18(13)19(15)24)6-3-12-9-16(23)20(25)17(10-12)26-2/h3-10,23-25H,1-2H3/b6-3+. The highest BCUT2D eigenvalue weighted by atomic mass is 16.5. The molecule has 26 heavy (non-hydrogen) atoms. The first-order chi connectivity index (χ1) is 12.4. The highest BCUT2D eigenvalue weighted by molar-refractivity contribution is 6.02. The maximum absolute atomic E-state index is 11.6. The molecule has 0 aliphatic carbocycles. The summed E-state index contributed by atoms with van der Waals surface area (Å²) in [6, 6.07) is 9.82. The van der Waals surface area contributed by atoms with Crippen LogP contribution in [0.5, 0.6) is 23.0 Å². The number of nitrogens with zero attached hydrogens (tertiary/aromatic N) is 1. The number of rotatable bonds is 4. The molecule has 0 amide bonds. The van der Waals surface area contributed by atoms with Crippen LogP contribution < -0.4 is 4.74 Å². The zero-order chi connectivity index (χ0) is 18.8. The van der Waals surface area contributed by atoms with Gasteiger partial charge in [0.25, 0.3) is 0 Å². The SMILES string of the molecule is COc1cc(/C=C/c2ccc3ccc(C(C)=O)c(O)c3n2)cc(O)c1O. The van der Waals surface area contributed by atoms with Crippen molar-refractivity contribution in [3.05, 3.63) is 53.2 Å². The number of ether oxygens (including phenoxy) is 1. The van der Waals surface area contributed by atoms with E-state index in [9.17, 15) is 20.1 Å². The lowest BCUT2D eigenvalue weighted by Gasteiger charge is -2.07. The number of hydrogen-bond donors (Lipinski definition) is 3. The van der Waals surface area contributed by atoms with E-state index < -0.39 is 0 Å². The van der Waals surface area contributed by atoms with Crippen molar-refractivity contribution in [3.63, 3.8) is 0 Å². The molecule has 3 N–H and O–H groups in total. The Morgan fingerprint density at radius 1 is 1.04 bits per heavy atom. The fraction of sp³-hybridized carbons (Fsp3) is 0.100. The van der Waals surface area contributed by atoms with Crippen LogP contribution in [0.25, 0.3) is 23.1 Å². The number of phenols is 3. The van der Waals surface area contributed by atoms with E-state index in [1.165, 1.54) is 20.1 Å². The van der Waals surface area contributed by atoms with Gasteiger partial charge in [0.15, 0.2) is 23.0 Å². The maximum atomic E-state index is 11.6. The summed E-state index contributed by atoms with van der Waals surface area (Å²) >= 11 is 0. The molecule has 0 fully saturated rings. The van der Waals surface area contributed by atoms with Gasteiger partial charge in [0.05, 0.1) is 18.4 Å². The Labute approximate surface area is 149 Å². The Morgan fingerprint density at radius 2 is 1.77 bits per heavy atom. The van der Waals surface area contributed by atoms with Crippen LogP contribution in [0.3, 0.4) is 0 Å². The Kier molecular flexibility index (Phi) is 4.49. The molecule has 132 valence electrons. The minimum atomic E-state index is -0.324. The number of benzene rings is 2. The van der Waals surface area contributed by atoms with Crippen molar-refractivity contribution >= 4 is 28.8 Å². The highest BCUT2D eigenvalue weighted by Crippen LogP contribution is 2.36. The van der Waals surface area contributed by atoms with Crippen LogP contribution in [0.2, 0.25) is 0 Å². The van der Waals surface area contributed by atoms with Gasteiger partial charge in [0, 0.05) is 5.39 Å². The van der Waals surface area contributed by atoms with Gasteiger partial charge in [-0.1, -0.05) is 18.2 Å². The first-order valence-electron chi connectivity index (χ1n) is 7.82. The molecule has 0 unspecified atom stereocenters. The van der Waals surface area contributed by atoms with Crippen LogP contribution in [0.1, 0.15) is 28.5 Å². The first-order valence-corrected chi connectivity index (χ1v) is 7.82. The average Bonchev–Trinajstić information content (AvgIpc) is 2.62. The van der Waals surface area contributed by atoms with E-state index in [1.807, 2.05) is 0 Å². The van der Waals surface area contributed by atoms with Crippen molar-refractivity contribution in [2.24, 2.45) is 0 Å². The zero-order valence-corrected chi connectivity index (χ0v) is 14.2. The normalized spacial score (nSPS) is 11.2. The number of ketones is 1. The lowest BCUT2D eigenvalue weighted by Crippen LogP contribution is -1.94. The molecule has 2 aromatic carbocycles. The second kappa shape index (κ2) is 6.76. The molecule has 0 atom stereocenters. The van der Waals surface area contributed by atoms with Crippen molar-refractivity contribution in [2.75, 3.05) is 7.11 Å². The van der Waals surface area contributed by atoms with Gasteiger partial charge >= 0.3 is 0 Å². The predicted molar refractivity (Wildman–Crippen MR) is 98.7 cm³/mol. The second-order valence-corrected chi connectivity index (χ2v) is 5.75. The van der Waals surface area contributed by atoms with Crippen LogP contribution in [0, 0.1) is 0 Å². The lowest BCUT2D eigenvalue weighted by atomic mass is 10.1. The number of pyridine rings is 1. The molecule has 3 aromatic rings. The van der Waals surface area contributed by atoms with Crippen molar-refractivity contribution in [1.82, 2.24) is 4.98 Å². The van der Waals surface area contributed by atoms with Gasteiger partial charge in [-0.3, -0.25) is 4.79 Å². The van der Waals surface area contributed by atoms with E-state index >= 15 is 0 Å². The van der Waals surface area contributed by atoms with Crippen LogP contribution in [0.4, 0.5) is 0 Å². The number of carbonyl (C=O) groups is 1. The molecular formula is C20H17NO5. The third-order valence-electron chi connectivity index (χ3n) is 3.98. The minimum absolute atomic E-state index is 0.144. The topological polar surface area (TPSA) is 99.9 Å². The molecule has 1 heterocycles. The van der Waals surface area contributed by atoms with Crippen LogP contribution >= 0.6 is 0 Å². The summed E-state index contributed by atoms with van der Waals surface area (Å²) in [5, 5.41) is 30.4. The Morgan fingerprint density at radius 3 is 2.46 bits per heavy atom. The van der Waals surface area contributed by atoms with Crippen LogP contribution in [-0.2, 0) is 0 Å². The Bertz CT molecular complexity index is 1040. The molecule has 0 radical (unpaired) electrons. The summed E-state index contributed by atoms with van der Waals surface area (Å²) in [6.45, 7) is 1.38. The van der Waals surface area contributed by atoms with Gasteiger partial charge in [0.2, 0.25) is 5.75 Å². The molecule has 0 saturated heterocycles. The molecule has 0 aliphatic rings. The third-order valence-corrected chi connectivity index (χ3v) is 3.98. The third kappa shape index (κ3) is 3.17. The molecule has 0 aliphatic heterocycles. The summed E-state index contributed by atoms with van der Waals surface area (Å²) in [7, 11) is 1.39. The molecular weight excluding hydrogens is 334 g/mol. The number of aromatic hydroxyl groups is 3. The Hall–Kier alpha value is -3.54. The number of carbonyl (C=O) groups excluding carboxylic acids is 1. The van der Waals surface area contributed by atoms with Gasteiger partial charge < -0.3 is 20.1 Å². The fourth-order valence-corrected chi connectivity index (χ4v) is 2.61. The predicted octanol–water partition coefficient (Wildman–Crippen LogP) is 3.73. The van der Waals surface area contributed by atoms with Crippen LogP contribution in [0.15, 0.2) is 36.4 Å². The van der Waals surface area contributed by atoms with Crippen LogP contribution in [-0.4, -0.2) is 33.2 Å². The molecule has 0 bridgehead atoms. The van der Waals surface area contributed by atoms with E-state index in [4.69, 9.17) is 4.74 Å². The van der Waals surface area contributed by atoms with Gasteiger partial charge in [-0.05, 0) is 42.8 Å². The van der Waals surface area contributed by atoms with Gasteiger partial charge in [0.1, 0.15) is 5.52 Å². The summed E-state index contributed by atoms with van der Waals surface area (Å²) in [4.78, 5) is 16.0.